The number of benzene rings is 1. The first-order chi connectivity index (χ1) is 9.11. The first kappa shape index (κ1) is 13.9. The Labute approximate surface area is 114 Å². The predicted octanol–water partition coefficient (Wildman–Crippen LogP) is 2.00. The zero-order valence-corrected chi connectivity index (χ0v) is 11.6. The van der Waals surface area contributed by atoms with Crippen molar-refractivity contribution in [2.75, 3.05) is 13.7 Å². The van der Waals surface area contributed by atoms with Crippen molar-refractivity contribution in [3.8, 4) is 5.75 Å². The van der Waals surface area contributed by atoms with Crippen molar-refractivity contribution >= 4 is 5.91 Å². The molecule has 1 amide bonds. The normalized spacial score (nSPS) is 18.3. The second kappa shape index (κ2) is 5.61. The minimum absolute atomic E-state index is 0.0355. The third-order valence-corrected chi connectivity index (χ3v) is 4.12. The molecule has 2 rings (SSSR count). The number of nitrogens with one attached hydrogen (secondary N) is 1. The van der Waals surface area contributed by atoms with Crippen LogP contribution in [0.2, 0.25) is 0 Å². The van der Waals surface area contributed by atoms with E-state index in [-0.39, 0.29) is 17.4 Å². The summed E-state index contributed by atoms with van der Waals surface area (Å²) in [6.45, 7) is 2.42. The van der Waals surface area contributed by atoms with Gasteiger partial charge in [0.1, 0.15) is 5.75 Å². The zero-order valence-electron chi connectivity index (χ0n) is 11.6. The van der Waals surface area contributed by atoms with Gasteiger partial charge in [0.25, 0.3) is 0 Å². The fourth-order valence-corrected chi connectivity index (χ4v) is 2.47. The standard InChI is InChI=1S/C15H22N2O2/c1-11(12-5-3-6-13(9-12)19-2)17-14(18)15(10-16)7-4-8-15/h3,5-6,9,11H,4,7-8,10,16H2,1-2H3,(H,17,18)/t11-/m1/s1. The van der Waals surface area contributed by atoms with Gasteiger partial charge >= 0.3 is 0 Å². The fraction of sp³-hybridized carbons (Fsp3) is 0.533. The lowest BCUT2D eigenvalue weighted by Crippen LogP contribution is -2.50. The number of carbonyl (C=O) groups is 1. The number of methoxy groups -OCH3 is 1. The third-order valence-electron chi connectivity index (χ3n) is 4.12. The molecule has 19 heavy (non-hydrogen) atoms. The molecule has 1 saturated carbocycles. The Morgan fingerprint density at radius 1 is 1.53 bits per heavy atom. The highest BCUT2D eigenvalue weighted by Crippen LogP contribution is 2.40. The Bertz CT molecular complexity index is 450. The van der Waals surface area contributed by atoms with E-state index in [1.807, 2.05) is 31.2 Å². The largest absolute Gasteiger partial charge is 0.497 e. The summed E-state index contributed by atoms with van der Waals surface area (Å²) < 4.78 is 5.20. The second-order valence-corrected chi connectivity index (χ2v) is 5.31. The molecule has 1 aromatic carbocycles. The van der Waals surface area contributed by atoms with E-state index in [1.54, 1.807) is 7.11 Å². The van der Waals surface area contributed by atoms with Crippen LogP contribution in [0.5, 0.6) is 5.75 Å². The van der Waals surface area contributed by atoms with E-state index in [2.05, 4.69) is 5.32 Å². The number of amides is 1. The molecule has 0 bridgehead atoms. The molecular formula is C15H22N2O2. The average Bonchev–Trinajstić information content (AvgIpc) is 2.38. The molecule has 1 fully saturated rings. The lowest BCUT2D eigenvalue weighted by molar-refractivity contribution is -0.135. The maximum Gasteiger partial charge on any atom is 0.227 e. The smallest absolute Gasteiger partial charge is 0.227 e. The predicted molar refractivity (Wildman–Crippen MR) is 74.9 cm³/mol. The van der Waals surface area contributed by atoms with Crippen molar-refractivity contribution < 1.29 is 9.53 Å². The highest BCUT2D eigenvalue weighted by atomic mass is 16.5. The van der Waals surface area contributed by atoms with Gasteiger partial charge in [-0.25, -0.2) is 0 Å². The maximum absolute atomic E-state index is 12.3. The number of hydrogen-bond donors (Lipinski definition) is 2. The van der Waals surface area contributed by atoms with Gasteiger partial charge in [0.2, 0.25) is 5.91 Å². The summed E-state index contributed by atoms with van der Waals surface area (Å²) >= 11 is 0. The molecule has 104 valence electrons. The first-order valence-corrected chi connectivity index (χ1v) is 6.76. The van der Waals surface area contributed by atoms with E-state index < -0.39 is 0 Å². The summed E-state index contributed by atoms with van der Waals surface area (Å²) in [5.41, 5.74) is 6.46. The van der Waals surface area contributed by atoms with E-state index >= 15 is 0 Å². The second-order valence-electron chi connectivity index (χ2n) is 5.31. The Hall–Kier alpha value is -1.55. The summed E-state index contributed by atoms with van der Waals surface area (Å²) in [4.78, 5) is 12.3. The Balaban J connectivity index is 2.04. The Morgan fingerprint density at radius 3 is 2.79 bits per heavy atom. The van der Waals surface area contributed by atoms with Crippen molar-refractivity contribution in [2.45, 2.75) is 32.2 Å². The number of hydrogen-bond acceptors (Lipinski definition) is 3. The van der Waals surface area contributed by atoms with Crippen molar-refractivity contribution in [3.05, 3.63) is 29.8 Å². The molecule has 0 heterocycles. The van der Waals surface area contributed by atoms with Gasteiger partial charge in [-0.05, 0) is 37.5 Å². The molecule has 0 aliphatic heterocycles. The third kappa shape index (κ3) is 2.73. The molecule has 4 nitrogen and oxygen atoms in total. The first-order valence-electron chi connectivity index (χ1n) is 6.76. The summed E-state index contributed by atoms with van der Waals surface area (Å²) in [5, 5.41) is 3.07. The lowest BCUT2D eigenvalue weighted by Gasteiger charge is -2.39. The molecule has 1 aliphatic carbocycles. The Kier molecular flexibility index (Phi) is 4.10. The zero-order chi connectivity index (χ0) is 13.9. The Morgan fingerprint density at radius 2 is 2.26 bits per heavy atom. The fourth-order valence-electron chi connectivity index (χ4n) is 2.47. The monoisotopic (exact) mass is 262 g/mol. The van der Waals surface area contributed by atoms with Gasteiger partial charge in [0.15, 0.2) is 0 Å². The van der Waals surface area contributed by atoms with E-state index in [9.17, 15) is 4.79 Å². The number of nitrogens with two attached hydrogens (primary N) is 1. The van der Waals surface area contributed by atoms with E-state index in [4.69, 9.17) is 10.5 Å². The highest BCUT2D eigenvalue weighted by molar-refractivity contribution is 5.84. The quantitative estimate of drug-likeness (QED) is 0.853. The van der Waals surface area contributed by atoms with Gasteiger partial charge in [0.05, 0.1) is 18.6 Å². The van der Waals surface area contributed by atoms with Crippen LogP contribution in [-0.4, -0.2) is 19.6 Å². The minimum Gasteiger partial charge on any atom is -0.497 e. The van der Waals surface area contributed by atoms with Gasteiger partial charge in [-0.2, -0.15) is 0 Å². The van der Waals surface area contributed by atoms with Crippen molar-refractivity contribution in [3.63, 3.8) is 0 Å². The number of ether oxygens (including phenoxy) is 1. The summed E-state index contributed by atoms with van der Waals surface area (Å²) in [6.07, 6.45) is 2.90. The summed E-state index contributed by atoms with van der Waals surface area (Å²) in [5.74, 6) is 0.882. The maximum atomic E-state index is 12.3. The SMILES string of the molecule is COc1cccc([C@@H](C)NC(=O)C2(CN)CCC2)c1. The minimum atomic E-state index is -0.326. The summed E-state index contributed by atoms with van der Waals surface area (Å²) in [7, 11) is 1.64. The number of rotatable bonds is 5. The van der Waals surface area contributed by atoms with E-state index in [0.717, 1.165) is 30.6 Å². The molecule has 0 aromatic heterocycles. The molecule has 4 heteroatoms. The van der Waals surface area contributed by atoms with Crippen molar-refractivity contribution in [1.29, 1.82) is 0 Å². The van der Waals surface area contributed by atoms with Crippen LogP contribution in [0.15, 0.2) is 24.3 Å². The lowest BCUT2D eigenvalue weighted by atomic mass is 9.68. The van der Waals surface area contributed by atoms with E-state index in [0.29, 0.717) is 6.54 Å². The molecule has 0 unspecified atom stereocenters. The van der Waals surface area contributed by atoms with Gasteiger partial charge in [-0.3, -0.25) is 4.79 Å². The average molecular weight is 262 g/mol. The van der Waals surface area contributed by atoms with Crippen molar-refractivity contribution in [2.24, 2.45) is 11.1 Å². The van der Waals surface area contributed by atoms with Crippen LogP contribution in [0, 0.1) is 5.41 Å². The number of carbonyl (C=O) groups excluding carboxylic acids is 1. The van der Waals surface area contributed by atoms with Crippen LogP contribution in [0.3, 0.4) is 0 Å². The molecule has 0 saturated heterocycles. The molecule has 0 spiro atoms. The molecule has 1 aliphatic rings. The summed E-state index contributed by atoms with van der Waals surface area (Å²) in [6, 6.07) is 7.72. The molecule has 1 atom stereocenters. The molecule has 3 N–H and O–H groups in total. The van der Waals surface area contributed by atoms with Crippen LogP contribution in [0.1, 0.15) is 37.8 Å². The van der Waals surface area contributed by atoms with Crippen LogP contribution in [0.4, 0.5) is 0 Å². The van der Waals surface area contributed by atoms with Crippen molar-refractivity contribution in [1.82, 2.24) is 5.32 Å². The van der Waals surface area contributed by atoms with Gasteiger partial charge < -0.3 is 15.8 Å². The molecule has 0 radical (unpaired) electrons. The topological polar surface area (TPSA) is 64.3 Å². The highest BCUT2D eigenvalue weighted by Gasteiger charge is 2.43. The van der Waals surface area contributed by atoms with Gasteiger partial charge in [0, 0.05) is 6.54 Å². The van der Waals surface area contributed by atoms with Crippen LogP contribution in [-0.2, 0) is 4.79 Å². The van der Waals surface area contributed by atoms with E-state index in [1.165, 1.54) is 0 Å². The molecular weight excluding hydrogens is 240 g/mol. The molecule has 1 aromatic rings. The van der Waals surface area contributed by atoms with Crippen LogP contribution < -0.4 is 15.8 Å². The van der Waals surface area contributed by atoms with Gasteiger partial charge in [-0.1, -0.05) is 18.6 Å². The van der Waals surface area contributed by atoms with Crippen LogP contribution in [0.25, 0.3) is 0 Å². The van der Waals surface area contributed by atoms with Crippen LogP contribution >= 0.6 is 0 Å². The van der Waals surface area contributed by atoms with Gasteiger partial charge in [-0.15, -0.1) is 0 Å².